The fraction of sp³-hybridized carbons (Fsp3) is 0.556. The highest BCUT2D eigenvalue weighted by molar-refractivity contribution is 5.96. The number of rotatable bonds is 10. The molecule has 1 rings (SSSR count). The minimum absolute atomic E-state index is 0.0211. The average molecular weight is 320 g/mol. The Morgan fingerprint density at radius 2 is 1.78 bits per heavy atom. The van der Waals surface area contributed by atoms with Gasteiger partial charge in [0.05, 0.1) is 13.2 Å². The quantitative estimate of drug-likeness (QED) is 0.651. The van der Waals surface area contributed by atoms with Gasteiger partial charge in [-0.05, 0) is 44.5 Å². The largest absolute Gasteiger partial charge is 0.494 e. The number of amides is 2. The molecule has 1 aromatic carbocycles. The molecule has 1 aromatic rings. The van der Waals surface area contributed by atoms with Gasteiger partial charge < -0.3 is 15.4 Å². The van der Waals surface area contributed by atoms with Crippen molar-refractivity contribution in [2.45, 2.75) is 52.5 Å². The Hall–Kier alpha value is -2.04. The lowest BCUT2D eigenvalue weighted by Crippen LogP contribution is -2.39. The van der Waals surface area contributed by atoms with Crippen LogP contribution in [-0.2, 0) is 4.79 Å². The summed E-state index contributed by atoms with van der Waals surface area (Å²) in [7, 11) is 0. The van der Waals surface area contributed by atoms with E-state index in [4.69, 9.17) is 4.74 Å². The molecule has 2 N–H and O–H groups in total. The molecule has 0 radical (unpaired) electrons. The van der Waals surface area contributed by atoms with Gasteiger partial charge in [0.1, 0.15) is 5.75 Å². The second kappa shape index (κ2) is 10.6. The van der Waals surface area contributed by atoms with Crippen molar-refractivity contribution in [2.24, 2.45) is 0 Å². The van der Waals surface area contributed by atoms with Gasteiger partial charge in [-0.15, -0.1) is 0 Å². The summed E-state index contributed by atoms with van der Waals surface area (Å²) in [5.74, 6) is 0.300. The standard InChI is InChI=1S/C18H28N2O3/c1-4-5-6-7-12-23-16-10-8-15(9-11-16)18(22)19-13-17(21)20-14(2)3/h8-11,14H,4-7,12-13H2,1-3H3,(H,19,22)(H,20,21). The van der Waals surface area contributed by atoms with Crippen LogP contribution in [0.5, 0.6) is 5.75 Å². The fourth-order valence-corrected chi connectivity index (χ4v) is 2.06. The van der Waals surface area contributed by atoms with Gasteiger partial charge in [0.2, 0.25) is 5.91 Å². The first-order chi connectivity index (χ1) is 11.0. The number of nitrogens with one attached hydrogen (secondary N) is 2. The number of ether oxygens (including phenoxy) is 1. The van der Waals surface area contributed by atoms with Crippen molar-refractivity contribution < 1.29 is 14.3 Å². The highest BCUT2D eigenvalue weighted by Crippen LogP contribution is 2.13. The van der Waals surface area contributed by atoms with Crippen LogP contribution in [0.25, 0.3) is 0 Å². The Bertz CT molecular complexity index is 484. The highest BCUT2D eigenvalue weighted by atomic mass is 16.5. The molecule has 0 fully saturated rings. The van der Waals surface area contributed by atoms with Crippen LogP contribution in [0.1, 0.15) is 56.8 Å². The summed E-state index contributed by atoms with van der Waals surface area (Å²) >= 11 is 0. The fourth-order valence-electron chi connectivity index (χ4n) is 2.06. The van der Waals surface area contributed by atoms with Gasteiger partial charge >= 0.3 is 0 Å². The van der Waals surface area contributed by atoms with E-state index in [2.05, 4.69) is 17.6 Å². The van der Waals surface area contributed by atoms with E-state index in [1.807, 2.05) is 13.8 Å². The minimum Gasteiger partial charge on any atom is -0.494 e. The summed E-state index contributed by atoms with van der Waals surface area (Å²) in [6.07, 6.45) is 4.66. The third-order valence-electron chi connectivity index (χ3n) is 3.24. The topological polar surface area (TPSA) is 67.4 Å². The van der Waals surface area contributed by atoms with Crippen LogP contribution in [0.2, 0.25) is 0 Å². The van der Waals surface area contributed by atoms with E-state index in [1.165, 1.54) is 19.3 Å². The molecular weight excluding hydrogens is 292 g/mol. The van der Waals surface area contributed by atoms with E-state index in [0.29, 0.717) is 12.2 Å². The normalized spacial score (nSPS) is 10.4. The lowest BCUT2D eigenvalue weighted by molar-refractivity contribution is -0.120. The molecule has 0 heterocycles. The summed E-state index contributed by atoms with van der Waals surface area (Å²) in [5, 5.41) is 5.32. The van der Waals surface area contributed by atoms with Gasteiger partial charge in [0.15, 0.2) is 0 Å². The summed E-state index contributed by atoms with van der Waals surface area (Å²) in [5.41, 5.74) is 0.515. The SMILES string of the molecule is CCCCCCOc1ccc(C(=O)NCC(=O)NC(C)C)cc1. The number of carbonyl (C=O) groups is 2. The second-order valence-corrected chi connectivity index (χ2v) is 5.84. The Labute approximate surface area is 138 Å². The Kier molecular flexibility index (Phi) is 8.80. The van der Waals surface area contributed by atoms with Crippen LogP contribution in [-0.4, -0.2) is 31.0 Å². The van der Waals surface area contributed by atoms with Crippen LogP contribution in [0, 0.1) is 0 Å². The molecule has 0 saturated carbocycles. The lowest BCUT2D eigenvalue weighted by Gasteiger charge is -2.10. The second-order valence-electron chi connectivity index (χ2n) is 5.84. The molecule has 0 spiro atoms. The predicted molar refractivity (Wildman–Crippen MR) is 91.7 cm³/mol. The van der Waals surface area contributed by atoms with Gasteiger partial charge in [-0.2, -0.15) is 0 Å². The van der Waals surface area contributed by atoms with Crippen molar-refractivity contribution in [3.8, 4) is 5.75 Å². The lowest BCUT2D eigenvalue weighted by atomic mass is 10.2. The van der Waals surface area contributed by atoms with Crippen molar-refractivity contribution in [1.82, 2.24) is 10.6 Å². The first kappa shape index (κ1) is 19.0. The van der Waals surface area contributed by atoms with E-state index in [-0.39, 0.29) is 24.4 Å². The summed E-state index contributed by atoms with van der Waals surface area (Å²) < 4.78 is 5.63. The molecule has 0 unspecified atom stereocenters. The van der Waals surface area contributed by atoms with E-state index in [0.717, 1.165) is 12.2 Å². The Balaban J connectivity index is 2.34. The Morgan fingerprint density at radius 1 is 1.09 bits per heavy atom. The van der Waals surface area contributed by atoms with Crippen LogP contribution >= 0.6 is 0 Å². The first-order valence-electron chi connectivity index (χ1n) is 8.33. The van der Waals surface area contributed by atoms with Crippen LogP contribution in [0.4, 0.5) is 0 Å². The number of hydrogen-bond donors (Lipinski definition) is 2. The maximum atomic E-state index is 11.9. The van der Waals surface area contributed by atoms with E-state index in [9.17, 15) is 9.59 Å². The smallest absolute Gasteiger partial charge is 0.251 e. The summed E-state index contributed by atoms with van der Waals surface area (Å²) in [4.78, 5) is 23.4. The molecule has 2 amide bonds. The molecule has 23 heavy (non-hydrogen) atoms. The van der Waals surface area contributed by atoms with Crippen molar-refractivity contribution in [3.63, 3.8) is 0 Å². The van der Waals surface area contributed by atoms with E-state index in [1.54, 1.807) is 24.3 Å². The van der Waals surface area contributed by atoms with Gasteiger partial charge in [0, 0.05) is 11.6 Å². The maximum Gasteiger partial charge on any atom is 0.251 e. The third kappa shape index (κ3) is 8.24. The number of benzene rings is 1. The molecule has 0 aliphatic carbocycles. The number of hydrogen-bond acceptors (Lipinski definition) is 3. The molecule has 0 aliphatic heterocycles. The number of unbranched alkanes of at least 4 members (excludes halogenated alkanes) is 3. The summed E-state index contributed by atoms with van der Waals surface area (Å²) in [6.45, 7) is 6.60. The highest BCUT2D eigenvalue weighted by Gasteiger charge is 2.08. The average Bonchev–Trinajstić information content (AvgIpc) is 2.52. The zero-order valence-corrected chi connectivity index (χ0v) is 14.4. The van der Waals surface area contributed by atoms with Crippen molar-refractivity contribution in [2.75, 3.05) is 13.2 Å². The zero-order valence-electron chi connectivity index (χ0n) is 14.4. The molecule has 0 saturated heterocycles. The molecule has 0 aliphatic rings. The van der Waals surface area contributed by atoms with Crippen molar-refractivity contribution in [3.05, 3.63) is 29.8 Å². The molecule has 0 atom stereocenters. The molecule has 128 valence electrons. The van der Waals surface area contributed by atoms with E-state index >= 15 is 0 Å². The zero-order chi connectivity index (χ0) is 17.1. The molecule has 5 nitrogen and oxygen atoms in total. The van der Waals surface area contributed by atoms with Gasteiger partial charge in [0.25, 0.3) is 5.91 Å². The minimum atomic E-state index is -0.265. The van der Waals surface area contributed by atoms with Crippen LogP contribution in [0.15, 0.2) is 24.3 Å². The van der Waals surface area contributed by atoms with Crippen molar-refractivity contribution in [1.29, 1.82) is 0 Å². The van der Waals surface area contributed by atoms with Gasteiger partial charge in [-0.3, -0.25) is 9.59 Å². The first-order valence-corrected chi connectivity index (χ1v) is 8.33. The van der Waals surface area contributed by atoms with Crippen LogP contribution in [0.3, 0.4) is 0 Å². The van der Waals surface area contributed by atoms with Crippen molar-refractivity contribution >= 4 is 11.8 Å². The molecule has 0 aromatic heterocycles. The predicted octanol–water partition coefficient (Wildman–Crippen LogP) is 2.90. The molecular formula is C18H28N2O3. The molecule has 0 bridgehead atoms. The Morgan fingerprint density at radius 3 is 2.39 bits per heavy atom. The van der Waals surface area contributed by atoms with Crippen LogP contribution < -0.4 is 15.4 Å². The third-order valence-corrected chi connectivity index (χ3v) is 3.24. The van der Waals surface area contributed by atoms with E-state index < -0.39 is 0 Å². The monoisotopic (exact) mass is 320 g/mol. The number of carbonyl (C=O) groups excluding carboxylic acids is 2. The summed E-state index contributed by atoms with van der Waals surface area (Å²) in [6, 6.07) is 7.04. The van der Waals surface area contributed by atoms with Gasteiger partial charge in [-0.1, -0.05) is 26.2 Å². The molecule has 5 heteroatoms. The van der Waals surface area contributed by atoms with Gasteiger partial charge in [-0.25, -0.2) is 0 Å². The maximum absolute atomic E-state index is 11.9.